The monoisotopic (exact) mass is 345 g/mol. The fourth-order valence-electron chi connectivity index (χ4n) is 2.93. The average molecular weight is 345 g/mol. The van der Waals surface area contributed by atoms with Gasteiger partial charge in [0.25, 0.3) is 5.91 Å². The van der Waals surface area contributed by atoms with Crippen LogP contribution in [0.5, 0.6) is 0 Å². The van der Waals surface area contributed by atoms with Crippen molar-refractivity contribution in [1.29, 1.82) is 0 Å². The van der Waals surface area contributed by atoms with Gasteiger partial charge in [-0.05, 0) is 43.2 Å². The summed E-state index contributed by atoms with van der Waals surface area (Å²) in [4.78, 5) is 12.4. The van der Waals surface area contributed by atoms with Gasteiger partial charge in [0, 0.05) is 25.5 Å². The van der Waals surface area contributed by atoms with E-state index < -0.39 is 6.29 Å². The Kier molecular flexibility index (Phi) is 6.48. The topological polar surface area (TPSA) is 67.8 Å². The molecule has 1 aromatic rings. The summed E-state index contributed by atoms with van der Waals surface area (Å²) in [6.45, 7) is 1.40. The summed E-state index contributed by atoms with van der Waals surface area (Å²) in [5.41, 5.74) is 1.15. The minimum Gasteiger partial charge on any atom is -0.459 e. The van der Waals surface area contributed by atoms with Gasteiger partial charge in [-0.2, -0.15) is 0 Å². The van der Waals surface area contributed by atoms with E-state index in [1.54, 1.807) is 0 Å². The Balaban J connectivity index is 1.64. The molecule has 1 heterocycles. The second kappa shape index (κ2) is 9.02. The standard InChI is InChI=1S/C20H27NO4/c22-10-4-5-11-24-19-13-17(16-6-2-1-3-7-16)12-18(25-19)20(23)21-14-15-8-9-15/h1-3,6-7,12,15,17,19,22H,4-5,8-11,13-14H2,(H,21,23)/t17-,19+/m1/s1. The molecular formula is C20H27NO4. The molecule has 0 saturated heterocycles. The van der Waals surface area contributed by atoms with Crippen LogP contribution in [0, 0.1) is 5.92 Å². The largest absolute Gasteiger partial charge is 0.459 e. The highest BCUT2D eigenvalue weighted by Crippen LogP contribution is 2.32. The summed E-state index contributed by atoms with van der Waals surface area (Å²) in [6.07, 6.45) is 6.04. The normalized spacial score (nSPS) is 22.8. The summed E-state index contributed by atoms with van der Waals surface area (Å²) in [5, 5.41) is 11.8. The van der Waals surface area contributed by atoms with E-state index in [4.69, 9.17) is 14.6 Å². The zero-order chi connectivity index (χ0) is 17.5. The number of carbonyl (C=O) groups is 1. The Morgan fingerprint density at radius 1 is 1.24 bits per heavy atom. The van der Waals surface area contributed by atoms with Crippen LogP contribution in [0.25, 0.3) is 0 Å². The molecule has 0 bridgehead atoms. The van der Waals surface area contributed by atoms with E-state index in [0.29, 0.717) is 31.1 Å². The van der Waals surface area contributed by atoms with Gasteiger partial charge in [-0.3, -0.25) is 4.79 Å². The molecule has 0 radical (unpaired) electrons. The molecule has 2 atom stereocenters. The minimum atomic E-state index is -0.435. The van der Waals surface area contributed by atoms with E-state index >= 15 is 0 Å². The zero-order valence-corrected chi connectivity index (χ0v) is 14.5. The number of rotatable bonds is 9. The summed E-state index contributed by atoms with van der Waals surface area (Å²) >= 11 is 0. The van der Waals surface area contributed by atoms with Crippen LogP contribution in [0.2, 0.25) is 0 Å². The van der Waals surface area contributed by atoms with E-state index in [2.05, 4.69) is 17.4 Å². The fourth-order valence-corrected chi connectivity index (χ4v) is 2.93. The van der Waals surface area contributed by atoms with Crippen molar-refractivity contribution in [3.05, 3.63) is 47.7 Å². The van der Waals surface area contributed by atoms with Crippen molar-refractivity contribution < 1.29 is 19.4 Å². The van der Waals surface area contributed by atoms with Crippen molar-refractivity contribution in [2.75, 3.05) is 19.8 Å². The molecule has 1 fully saturated rings. The van der Waals surface area contributed by atoms with Crippen molar-refractivity contribution in [2.24, 2.45) is 5.92 Å². The highest BCUT2D eigenvalue weighted by atomic mass is 16.7. The lowest BCUT2D eigenvalue weighted by molar-refractivity contribution is -0.146. The van der Waals surface area contributed by atoms with Crippen LogP contribution in [0.3, 0.4) is 0 Å². The van der Waals surface area contributed by atoms with Crippen LogP contribution in [0.4, 0.5) is 0 Å². The van der Waals surface area contributed by atoms with E-state index in [1.165, 1.54) is 12.8 Å². The third-order valence-corrected chi connectivity index (χ3v) is 4.61. The van der Waals surface area contributed by atoms with Crippen LogP contribution in [0.1, 0.15) is 43.6 Å². The number of amides is 1. The predicted molar refractivity (Wildman–Crippen MR) is 94.8 cm³/mol. The highest BCUT2D eigenvalue weighted by molar-refractivity contribution is 5.91. The van der Waals surface area contributed by atoms with Gasteiger partial charge >= 0.3 is 0 Å². The Morgan fingerprint density at radius 2 is 2.04 bits per heavy atom. The first-order valence-electron chi connectivity index (χ1n) is 9.20. The summed E-state index contributed by atoms with van der Waals surface area (Å²) in [6, 6.07) is 10.1. The molecule has 2 aliphatic rings. The molecule has 0 aromatic heterocycles. The van der Waals surface area contributed by atoms with Gasteiger partial charge in [0.05, 0.1) is 6.61 Å². The molecule has 136 valence electrons. The minimum absolute atomic E-state index is 0.0967. The van der Waals surface area contributed by atoms with Crippen molar-refractivity contribution in [1.82, 2.24) is 5.32 Å². The number of nitrogens with one attached hydrogen (secondary N) is 1. The smallest absolute Gasteiger partial charge is 0.286 e. The van der Waals surface area contributed by atoms with Gasteiger partial charge in [0.2, 0.25) is 6.29 Å². The molecule has 0 spiro atoms. The van der Waals surface area contributed by atoms with Gasteiger partial charge < -0.3 is 19.9 Å². The first kappa shape index (κ1) is 18.0. The Hall–Kier alpha value is -1.85. The summed E-state index contributed by atoms with van der Waals surface area (Å²) in [5.74, 6) is 0.924. The van der Waals surface area contributed by atoms with Gasteiger partial charge in [0.15, 0.2) is 5.76 Å². The number of aliphatic hydroxyl groups excluding tert-OH is 1. The molecule has 5 nitrogen and oxygen atoms in total. The molecule has 1 saturated carbocycles. The lowest BCUT2D eigenvalue weighted by Gasteiger charge is -2.29. The maximum atomic E-state index is 12.4. The second-order valence-electron chi connectivity index (χ2n) is 6.79. The van der Waals surface area contributed by atoms with Crippen LogP contribution in [-0.2, 0) is 14.3 Å². The first-order valence-corrected chi connectivity index (χ1v) is 9.20. The highest BCUT2D eigenvalue weighted by Gasteiger charge is 2.29. The van der Waals surface area contributed by atoms with Gasteiger partial charge in [0.1, 0.15) is 0 Å². The Bertz CT molecular complexity index is 583. The van der Waals surface area contributed by atoms with E-state index in [-0.39, 0.29) is 18.4 Å². The summed E-state index contributed by atoms with van der Waals surface area (Å²) in [7, 11) is 0. The van der Waals surface area contributed by atoms with Gasteiger partial charge in [-0.1, -0.05) is 30.3 Å². The number of aliphatic hydroxyl groups is 1. The quantitative estimate of drug-likeness (QED) is 0.675. The lowest BCUT2D eigenvalue weighted by Crippen LogP contribution is -2.34. The molecule has 5 heteroatoms. The van der Waals surface area contributed by atoms with E-state index in [0.717, 1.165) is 18.5 Å². The molecular weight excluding hydrogens is 318 g/mol. The van der Waals surface area contributed by atoms with Crippen LogP contribution in [0.15, 0.2) is 42.2 Å². The predicted octanol–water partition coefficient (Wildman–Crippen LogP) is 2.72. The van der Waals surface area contributed by atoms with Crippen molar-refractivity contribution in [3.63, 3.8) is 0 Å². The number of allylic oxidation sites excluding steroid dienone is 1. The molecule has 0 unspecified atom stereocenters. The molecule has 1 aliphatic heterocycles. The van der Waals surface area contributed by atoms with Crippen molar-refractivity contribution >= 4 is 5.91 Å². The first-order chi connectivity index (χ1) is 12.3. The maximum absolute atomic E-state index is 12.4. The average Bonchev–Trinajstić information content (AvgIpc) is 3.48. The number of hydrogen-bond acceptors (Lipinski definition) is 4. The number of hydrogen-bond donors (Lipinski definition) is 2. The second-order valence-corrected chi connectivity index (χ2v) is 6.79. The number of unbranched alkanes of at least 4 members (excludes halogenated alkanes) is 1. The van der Waals surface area contributed by atoms with Crippen molar-refractivity contribution in [3.8, 4) is 0 Å². The molecule has 1 amide bonds. The van der Waals surface area contributed by atoms with Crippen molar-refractivity contribution in [2.45, 2.75) is 44.3 Å². The number of benzene rings is 1. The Labute approximate surface area is 149 Å². The third-order valence-electron chi connectivity index (χ3n) is 4.61. The molecule has 1 aromatic carbocycles. The Morgan fingerprint density at radius 3 is 2.76 bits per heavy atom. The molecule has 25 heavy (non-hydrogen) atoms. The van der Waals surface area contributed by atoms with Gasteiger partial charge in [-0.25, -0.2) is 0 Å². The fraction of sp³-hybridized carbons (Fsp3) is 0.550. The number of ether oxygens (including phenoxy) is 2. The van der Waals surface area contributed by atoms with Gasteiger partial charge in [-0.15, -0.1) is 0 Å². The third kappa shape index (κ3) is 5.58. The molecule has 1 aliphatic carbocycles. The molecule has 2 N–H and O–H groups in total. The summed E-state index contributed by atoms with van der Waals surface area (Å²) < 4.78 is 11.6. The van der Waals surface area contributed by atoms with E-state index in [9.17, 15) is 4.79 Å². The number of carbonyl (C=O) groups excluding carboxylic acids is 1. The van der Waals surface area contributed by atoms with E-state index in [1.807, 2.05) is 24.3 Å². The maximum Gasteiger partial charge on any atom is 0.286 e. The van der Waals surface area contributed by atoms with Crippen LogP contribution < -0.4 is 5.32 Å². The SMILES string of the molecule is O=C(NCC1CC1)C1=C[C@@H](c2ccccc2)C[C@@H](OCCCCO)O1. The van der Waals surface area contributed by atoms with Crippen LogP contribution >= 0.6 is 0 Å². The lowest BCUT2D eigenvalue weighted by atomic mass is 9.93. The molecule has 3 rings (SSSR count). The van der Waals surface area contributed by atoms with Crippen LogP contribution in [-0.4, -0.2) is 37.1 Å². The zero-order valence-electron chi connectivity index (χ0n) is 14.5.